The largest absolute Gasteiger partial charge is 0.375 e. The van der Waals surface area contributed by atoms with Gasteiger partial charge in [0.2, 0.25) is 0 Å². The summed E-state index contributed by atoms with van der Waals surface area (Å²) < 4.78 is 12.7. The maximum atomic E-state index is 12.7. The minimum absolute atomic E-state index is 0.186. The molecule has 84 valence electrons. The molecule has 15 heavy (non-hydrogen) atoms. The van der Waals surface area contributed by atoms with Gasteiger partial charge in [0.05, 0.1) is 0 Å². The van der Waals surface area contributed by atoms with Crippen LogP contribution in [0.3, 0.4) is 0 Å². The van der Waals surface area contributed by atoms with E-state index in [1.54, 1.807) is 12.1 Å². The molecule has 0 amide bonds. The Morgan fingerprint density at radius 2 is 1.80 bits per heavy atom. The molecule has 0 N–H and O–H groups in total. The fourth-order valence-corrected chi connectivity index (χ4v) is 1.63. The summed E-state index contributed by atoms with van der Waals surface area (Å²) in [5.74, 6) is 0.551. The van der Waals surface area contributed by atoms with E-state index in [1.807, 2.05) is 7.05 Å². The smallest absolute Gasteiger partial charge is 0.123 e. The van der Waals surface area contributed by atoms with Crippen LogP contribution in [0.25, 0.3) is 0 Å². The molecular formula is C12H17ClFN. The highest BCUT2D eigenvalue weighted by Gasteiger charge is 2.00. The number of unbranched alkanes of at least 4 members (excludes halogenated alkanes) is 2. The standard InChI is InChI=1S/C12H17ClFN/c1-15(10-4-2-3-9-13)12-7-5-11(14)6-8-12/h5-8H,2-4,9-10H2,1H3. The Morgan fingerprint density at radius 3 is 2.40 bits per heavy atom. The van der Waals surface area contributed by atoms with Crippen LogP contribution in [0.15, 0.2) is 24.3 Å². The molecule has 0 fully saturated rings. The molecule has 0 saturated heterocycles. The van der Waals surface area contributed by atoms with Crippen molar-refractivity contribution < 1.29 is 4.39 Å². The topological polar surface area (TPSA) is 3.24 Å². The van der Waals surface area contributed by atoms with Crippen LogP contribution in [0.2, 0.25) is 0 Å². The fourth-order valence-electron chi connectivity index (χ4n) is 1.44. The Balaban J connectivity index is 2.33. The van der Waals surface area contributed by atoms with E-state index in [4.69, 9.17) is 11.6 Å². The zero-order chi connectivity index (χ0) is 11.1. The zero-order valence-electron chi connectivity index (χ0n) is 9.05. The summed E-state index contributed by atoms with van der Waals surface area (Å²) in [7, 11) is 2.02. The highest BCUT2D eigenvalue weighted by Crippen LogP contribution is 2.13. The van der Waals surface area contributed by atoms with E-state index in [9.17, 15) is 4.39 Å². The molecule has 0 atom stereocenters. The van der Waals surface area contributed by atoms with E-state index >= 15 is 0 Å². The third kappa shape index (κ3) is 4.52. The first kappa shape index (κ1) is 12.3. The van der Waals surface area contributed by atoms with E-state index in [1.165, 1.54) is 12.1 Å². The number of hydrogen-bond acceptors (Lipinski definition) is 1. The lowest BCUT2D eigenvalue weighted by molar-refractivity contribution is 0.627. The summed E-state index contributed by atoms with van der Waals surface area (Å²) in [6.07, 6.45) is 3.34. The molecule has 0 radical (unpaired) electrons. The van der Waals surface area contributed by atoms with E-state index in [0.29, 0.717) is 0 Å². The monoisotopic (exact) mass is 229 g/mol. The second-order valence-electron chi connectivity index (χ2n) is 3.65. The van der Waals surface area contributed by atoms with Gasteiger partial charge in [0.15, 0.2) is 0 Å². The van der Waals surface area contributed by atoms with Gasteiger partial charge in [0, 0.05) is 25.2 Å². The van der Waals surface area contributed by atoms with Crippen molar-refractivity contribution in [3.8, 4) is 0 Å². The van der Waals surface area contributed by atoms with Gasteiger partial charge >= 0.3 is 0 Å². The number of alkyl halides is 1. The number of nitrogens with zero attached hydrogens (tertiary/aromatic N) is 1. The first-order chi connectivity index (χ1) is 7.24. The summed E-state index contributed by atoms with van der Waals surface area (Å²) in [5, 5.41) is 0. The summed E-state index contributed by atoms with van der Waals surface area (Å²) in [5.41, 5.74) is 1.06. The maximum absolute atomic E-state index is 12.7. The minimum atomic E-state index is -0.186. The zero-order valence-corrected chi connectivity index (χ0v) is 9.80. The summed E-state index contributed by atoms with van der Waals surface area (Å²) in [6, 6.07) is 6.59. The van der Waals surface area contributed by atoms with Gasteiger partial charge in [-0.2, -0.15) is 0 Å². The number of benzene rings is 1. The molecule has 0 aliphatic heterocycles. The van der Waals surface area contributed by atoms with Crippen LogP contribution in [0.1, 0.15) is 19.3 Å². The normalized spacial score (nSPS) is 10.3. The van der Waals surface area contributed by atoms with Crippen molar-refractivity contribution in [2.75, 3.05) is 24.4 Å². The van der Waals surface area contributed by atoms with Crippen molar-refractivity contribution in [2.45, 2.75) is 19.3 Å². The van der Waals surface area contributed by atoms with Gasteiger partial charge in [0.1, 0.15) is 5.82 Å². The molecule has 1 aromatic carbocycles. The fraction of sp³-hybridized carbons (Fsp3) is 0.500. The molecule has 0 aliphatic rings. The first-order valence-electron chi connectivity index (χ1n) is 5.26. The molecule has 1 aromatic rings. The molecule has 0 unspecified atom stereocenters. The number of anilines is 1. The minimum Gasteiger partial charge on any atom is -0.375 e. The molecule has 0 spiro atoms. The first-order valence-corrected chi connectivity index (χ1v) is 5.80. The maximum Gasteiger partial charge on any atom is 0.123 e. The van der Waals surface area contributed by atoms with Crippen molar-refractivity contribution in [3.63, 3.8) is 0 Å². The van der Waals surface area contributed by atoms with Gasteiger partial charge in [-0.25, -0.2) is 4.39 Å². The lowest BCUT2D eigenvalue weighted by Crippen LogP contribution is -2.18. The highest BCUT2D eigenvalue weighted by molar-refractivity contribution is 6.17. The van der Waals surface area contributed by atoms with Gasteiger partial charge in [-0.15, -0.1) is 11.6 Å². The van der Waals surface area contributed by atoms with Crippen LogP contribution in [-0.4, -0.2) is 19.5 Å². The predicted octanol–water partition coefficient (Wildman–Crippen LogP) is 3.67. The summed E-state index contributed by atoms with van der Waals surface area (Å²) in [4.78, 5) is 2.13. The third-order valence-corrected chi connectivity index (χ3v) is 2.66. The van der Waals surface area contributed by atoms with Gasteiger partial charge in [-0.1, -0.05) is 6.42 Å². The van der Waals surface area contributed by atoms with E-state index in [2.05, 4.69) is 4.90 Å². The number of halogens is 2. The SMILES string of the molecule is CN(CCCCCCl)c1ccc(F)cc1. The molecule has 1 nitrogen and oxygen atoms in total. The lowest BCUT2D eigenvalue weighted by atomic mass is 10.2. The van der Waals surface area contributed by atoms with Crippen LogP contribution in [0.5, 0.6) is 0 Å². The quantitative estimate of drug-likeness (QED) is 0.532. The Hall–Kier alpha value is -0.760. The molecule has 0 bridgehead atoms. The molecule has 0 aliphatic carbocycles. The second-order valence-corrected chi connectivity index (χ2v) is 4.03. The molecule has 0 aromatic heterocycles. The van der Waals surface area contributed by atoms with E-state index < -0.39 is 0 Å². The van der Waals surface area contributed by atoms with Crippen LogP contribution in [-0.2, 0) is 0 Å². The van der Waals surface area contributed by atoms with E-state index in [0.717, 1.165) is 37.4 Å². The second kappa shape index (κ2) is 6.67. The van der Waals surface area contributed by atoms with Crippen LogP contribution < -0.4 is 4.90 Å². The van der Waals surface area contributed by atoms with Gasteiger partial charge < -0.3 is 4.90 Å². The highest BCUT2D eigenvalue weighted by atomic mass is 35.5. The van der Waals surface area contributed by atoms with E-state index in [-0.39, 0.29) is 5.82 Å². The Morgan fingerprint density at radius 1 is 1.13 bits per heavy atom. The van der Waals surface area contributed by atoms with Gasteiger partial charge in [-0.05, 0) is 37.1 Å². The molecule has 1 rings (SSSR count). The van der Waals surface area contributed by atoms with Crippen LogP contribution in [0, 0.1) is 5.82 Å². The van der Waals surface area contributed by atoms with Crippen LogP contribution >= 0.6 is 11.6 Å². The molecular weight excluding hydrogens is 213 g/mol. The molecule has 0 heterocycles. The average Bonchev–Trinajstić information content (AvgIpc) is 2.25. The van der Waals surface area contributed by atoms with Crippen molar-refractivity contribution in [1.29, 1.82) is 0 Å². The van der Waals surface area contributed by atoms with Crippen molar-refractivity contribution >= 4 is 17.3 Å². The summed E-state index contributed by atoms with van der Waals surface area (Å²) >= 11 is 5.60. The molecule has 3 heteroatoms. The Bertz CT molecular complexity index is 273. The molecule has 0 saturated carbocycles. The van der Waals surface area contributed by atoms with Crippen molar-refractivity contribution in [2.24, 2.45) is 0 Å². The van der Waals surface area contributed by atoms with Crippen molar-refractivity contribution in [3.05, 3.63) is 30.1 Å². The average molecular weight is 230 g/mol. The van der Waals surface area contributed by atoms with Crippen LogP contribution in [0.4, 0.5) is 10.1 Å². The Kier molecular flexibility index (Phi) is 5.48. The predicted molar refractivity (Wildman–Crippen MR) is 64.2 cm³/mol. The number of hydrogen-bond donors (Lipinski definition) is 0. The third-order valence-electron chi connectivity index (χ3n) is 2.39. The Labute approximate surface area is 95.8 Å². The van der Waals surface area contributed by atoms with Gasteiger partial charge in [-0.3, -0.25) is 0 Å². The number of rotatable bonds is 6. The summed E-state index contributed by atoms with van der Waals surface area (Å²) in [6.45, 7) is 0.989. The van der Waals surface area contributed by atoms with Crippen molar-refractivity contribution in [1.82, 2.24) is 0 Å². The van der Waals surface area contributed by atoms with Gasteiger partial charge in [0.25, 0.3) is 0 Å². The lowest BCUT2D eigenvalue weighted by Gasteiger charge is -2.18.